The van der Waals surface area contributed by atoms with Crippen molar-refractivity contribution in [2.45, 2.75) is 36.4 Å². The van der Waals surface area contributed by atoms with Crippen molar-refractivity contribution in [2.24, 2.45) is 0 Å². The molecule has 0 spiro atoms. The molecule has 1 heterocycles. The van der Waals surface area contributed by atoms with Crippen LogP contribution in [0.4, 0.5) is 0 Å². The summed E-state index contributed by atoms with van der Waals surface area (Å²) in [7, 11) is 0. The summed E-state index contributed by atoms with van der Waals surface area (Å²) >= 11 is 7.52. The molecular formula is C16H16ClN3S. The molecule has 0 saturated heterocycles. The van der Waals surface area contributed by atoms with Crippen molar-refractivity contribution < 1.29 is 0 Å². The van der Waals surface area contributed by atoms with Crippen molar-refractivity contribution in [3.8, 4) is 6.07 Å². The van der Waals surface area contributed by atoms with Crippen LogP contribution in [0, 0.1) is 11.3 Å². The predicted molar refractivity (Wildman–Crippen MR) is 86.5 cm³/mol. The first-order chi connectivity index (χ1) is 10.1. The number of hydrogen-bond donors (Lipinski definition) is 1. The Morgan fingerprint density at radius 3 is 2.86 bits per heavy atom. The first kappa shape index (κ1) is 15.8. The van der Waals surface area contributed by atoms with Gasteiger partial charge < -0.3 is 5.32 Å². The molecule has 3 nitrogen and oxygen atoms in total. The molecule has 0 aliphatic heterocycles. The summed E-state index contributed by atoms with van der Waals surface area (Å²) < 4.78 is 0. The van der Waals surface area contributed by atoms with Crippen LogP contribution in [-0.2, 0) is 6.54 Å². The highest BCUT2D eigenvalue weighted by Crippen LogP contribution is 2.33. The topological polar surface area (TPSA) is 48.7 Å². The van der Waals surface area contributed by atoms with Crippen LogP contribution in [0.1, 0.15) is 25.0 Å². The molecule has 21 heavy (non-hydrogen) atoms. The van der Waals surface area contributed by atoms with E-state index in [4.69, 9.17) is 11.6 Å². The van der Waals surface area contributed by atoms with Crippen LogP contribution in [0.3, 0.4) is 0 Å². The fraction of sp³-hybridized carbons (Fsp3) is 0.250. The van der Waals surface area contributed by atoms with E-state index in [0.717, 1.165) is 17.0 Å². The van der Waals surface area contributed by atoms with Crippen molar-refractivity contribution >= 4 is 23.4 Å². The number of nitriles is 1. The van der Waals surface area contributed by atoms with Crippen molar-refractivity contribution in [1.82, 2.24) is 10.3 Å². The molecule has 0 bridgehead atoms. The van der Waals surface area contributed by atoms with Gasteiger partial charge in [-0.3, -0.25) is 0 Å². The summed E-state index contributed by atoms with van der Waals surface area (Å²) in [6.07, 6.45) is 1.70. The molecule has 2 rings (SSSR count). The van der Waals surface area contributed by atoms with Gasteiger partial charge in [-0.25, -0.2) is 4.98 Å². The number of rotatable bonds is 5. The third-order valence-electron chi connectivity index (χ3n) is 2.81. The highest BCUT2D eigenvalue weighted by molar-refractivity contribution is 7.99. The van der Waals surface area contributed by atoms with E-state index in [1.807, 2.05) is 18.2 Å². The maximum atomic E-state index is 9.33. The Labute approximate surface area is 134 Å². The minimum Gasteiger partial charge on any atom is -0.310 e. The first-order valence-electron chi connectivity index (χ1n) is 6.65. The largest absolute Gasteiger partial charge is 0.310 e. The molecular weight excluding hydrogens is 302 g/mol. The molecule has 2 aromatic rings. The van der Waals surface area contributed by atoms with Gasteiger partial charge in [-0.2, -0.15) is 5.26 Å². The fourth-order valence-electron chi connectivity index (χ4n) is 1.74. The molecule has 0 aliphatic rings. The Morgan fingerprint density at radius 2 is 2.19 bits per heavy atom. The highest BCUT2D eigenvalue weighted by atomic mass is 35.5. The highest BCUT2D eigenvalue weighted by Gasteiger charge is 2.09. The molecule has 0 amide bonds. The molecule has 0 unspecified atom stereocenters. The molecule has 5 heteroatoms. The lowest BCUT2D eigenvalue weighted by molar-refractivity contribution is 0.588. The maximum Gasteiger partial charge on any atom is 0.119 e. The van der Waals surface area contributed by atoms with Gasteiger partial charge in [0, 0.05) is 23.7 Å². The molecule has 0 aliphatic carbocycles. The number of nitrogens with zero attached hydrogens (tertiary/aromatic N) is 2. The van der Waals surface area contributed by atoms with E-state index in [9.17, 15) is 5.26 Å². The van der Waals surface area contributed by atoms with E-state index in [-0.39, 0.29) is 0 Å². The van der Waals surface area contributed by atoms with Crippen molar-refractivity contribution in [1.29, 1.82) is 5.26 Å². The van der Waals surface area contributed by atoms with E-state index < -0.39 is 0 Å². The monoisotopic (exact) mass is 317 g/mol. The summed E-state index contributed by atoms with van der Waals surface area (Å²) in [5, 5.41) is 14.0. The number of halogens is 1. The van der Waals surface area contributed by atoms with Gasteiger partial charge in [0.25, 0.3) is 0 Å². The van der Waals surface area contributed by atoms with Crippen LogP contribution in [0.25, 0.3) is 0 Å². The normalized spacial score (nSPS) is 10.6. The molecule has 1 N–H and O–H groups in total. The average molecular weight is 318 g/mol. The Bertz CT molecular complexity index is 665. The SMILES string of the molecule is CC(C)NCc1ccc(Sc2ncccc2Cl)c(C#N)c1. The van der Waals surface area contributed by atoms with Gasteiger partial charge in [-0.1, -0.05) is 43.3 Å². The Balaban J connectivity index is 2.21. The van der Waals surface area contributed by atoms with Crippen LogP contribution in [0.2, 0.25) is 5.02 Å². The second kappa shape index (κ2) is 7.46. The quantitative estimate of drug-likeness (QED) is 0.895. The van der Waals surface area contributed by atoms with Gasteiger partial charge in [-0.15, -0.1) is 0 Å². The van der Waals surface area contributed by atoms with E-state index >= 15 is 0 Å². The second-order valence-electron chi connectivity index (χ2n) is 4.87. The van der Waals surface area contributed by atoms with E-state index in [1.165, 1.54) is 11.8 Å². The molecule has 1 aromatic heterocycles. The lowest BCUT2D eigenvalue weighted by Crippen LogP contribution is -2.21. The van der Waals surface area contributed by atoms with Gasteiger partial charge in [0.15, 0.2) is 0 Å². The zero-order valence-corrected chi connectivity index (χ0v) is 13.5. The fourth-order valence-corrected chi connectivity index (χ4v) is 2.81. The van der Waals surface area contributed by atoms with Crippen LogP contribution >= 0.6 is 23.4 Å². The third-order valence-corrected chi connectivity index (χ3v) is 4.32. The predicted octanol–water partition coefficient (Wildman–Crippen LogP) is 4.26. The molecule has 108 valence electrons. The average Bonchev–Trinajstić information content (AvgIpc) is 2.48. The molecule has 0 radical (unpaired) electrons. The Morgan fingerprint density at radius 1 is 1.38 bits per heavy atom. The zero-order valence-electron chi connectivity index (χ0n) is 11.9. The molecule has 0 saturated carbocycles. The lowest BCUT2D eigenvalue weighted by atomic mass is 10.1. The van der Waals surface area contributed by atoms with Crippen LogP contribution in [0.15, 0.2) is 46.5 Å². The molecule has 0 atom stereocenters. The van der Waals surface area contributed by atoms with Crippen LogP contribution < -0.4 is 5.32 Å². The van der Waals surface area contributed by atoms with Gasteiger partial charge in [0.05, 0.1) is 10.6 Å². The lowest BCUT2D eigenvalue weighted by Gasteiger charge is -2.10. The van der Waals surface area contributed by atoms with E-state index in [0.29, 0.717) is 21.7 Å². The van der Waals surface area contributed by atoms with Crippen LogP contribution in [0.5, 0.6) is 0 Å². The number of benzene rings is 1. The standard InChI is InChI=1S/C16H16ClN3S/c1-11(2)20-10-12-5-6-15(13(8-12)9-18)21-16-14(17)4-3-7-19-16/h3-8,11,20H,10H2,1-2H3. The molecule has 0 fully saturated rings. The summed E-state index contributed by atoms with van der Waals surface area (Å²) in [5.41, 5.74) is 1.74. The minimum atomic E-state index is 0.414. The minimum absolute atomic E-state index is 0.414. The van der Waals surface area contributed by atoms with Gasteiger partial charge in [0.1, 0.15) is 11.1 Å². The van der Waals surface area contributed by atoms with Crippen molar-refractivity contribution in [3.63, 3.8) is 0 Å². The summed E-state index contributed by atoms with van der Waals surface area (Å²) in [6, 6.07) is 12.1. The first-order valence-corrected chi connectivity index (χ1v) is 7.84. The van der Waals surface area contributed by atoms with Crippen molar-refractivity contribution in [3.05, 3.63) is 52.7 Å². The maximum absolute atomic E-state index is 9.33. The zero-order chi connectivity index (χ0) is 15.2. The van der Waals surface area contributed by atoms with E-state index in [1.54, 1.807) is 18.3 Å². The number of hydrogen-bond acceptors (Lipinski definition) is 4. The van der Waals surface area contributed by atoms with Crippen molar-refractivity contribution in [2.75, 3.05) is 0 Å². The smallest absolute Gasteiger partial charge is 0.119 e. The van der Waals surface area contributed by atoms with Crippen LogP contribution in [-0.4, -0.2) is 11.0 Å². The van der Waals surface area contributed by atoms with Gasteiger partial charge >= 0.3 is 0 Å². The van der Waals surface area contributed by atoms with Gasteiger partial charge in [-0.05, 0) is 29.8 Å². The van der Waals surface area contributed by atoms with Gasteiger partial charge in [0.2, 0.25) is 0 Å². The molecule has 1 aromatic carbocycles. The number of pyridine rings is 1. The second-order valence-corrected chi connectivity index (χ2v) is 6.31. The number of nitrogens with one attached hydrogen (secondary N) is 1. The Kier molecular flexibility index (Phi) is 5.63. The third kappa shape index (κ3) is 4.47. The number of aromatic nitrogens is 1. The summed E-state index contributed by atoms with van der Waals surface area (Å²) in [5.74, 6) is 0. The van der Waals surface area contributed by atoms with E-state index in [2.05, 4.69) is 30.2 Å². The Hall–Kier alpha value is -1.54. The summed E-state index contributed by atoms with van der Waals surface area (Å²) in [6.45, 7) is 4.94. The summed E-state index contributed by atoms with van der Waals surface area (Å²) in [4.78, 5) is 5.11.